The van der Waals surface area contributed by atoms with Gasteiger partial charge in [0.1, 0.15) is 17.6 Å². The molecule has 114 valence electrons. The summed E-state index contributed by atoms with van der Waals surface area (Å²) < 4.78 is 25.1. The van der Waals surface area contributed by atoms with Crippen LogP contribution in [0.5, 0.6) is 0 Å². The van der Waals surface area contributed by atoms with E-state index >= 15 is 0 Å². The molecular formula is C17H16FNO3. The fourth-order valence-corrected chi connectivity index (χ4v) is 3.73. The summed E-state index contributed by atoms with van der Waals surface area (Å²) in [5, 5.41) is 0. The lowest BCUT2D eigenvalue weighted by Crippen LogP contribution is -2.42. The second-order valence-corrected chi connectivity index (χ2v) is 5.80. The third-order valence-corrected chi connectivity index (χ3v) is 4.55. The summed E-state index contributed by atoms with van der Waals surface area (Å²) >= 11 is 0. The van der Waals surface area contributed by atoms with Crippen LogP contribution in [0.3, 0.4) is 0 Å². The summed E-state index contributed by atoms with van der Waals surface area (Å²) in [4.78, 5) is 14.0. The van der Waals surface area contributed by atoms with E-state index in [4.69, 9.17) is 9.15 Å². The molecule has 1 fully saturated rings. The largest absolute Gasteiger partial charge is 0.467 e. The molecule has 2 aromatic rings. The van der Waals surface area contributed by atoms with Gasteiger partial charge in [-0.3, -0.25) is 4.79 Å². The monoisotopic (exact) mass is 301 g/mol. The van der Waals surface area contributed by atoms with E-state index in [1.54, 1.807) is 17.2 Å². The lowest BCUT2D eigenvalue weighted by Gasteiger charge is -2.42. The Morgan fingerprint density at radius 1 is 1.36 bits per heavy atom. The summed E-state index contributed by atoms with van der Waals surface area (Å²) in [5.74, 6) is 0.419. The fourth-order valence-electron chi connectivity index (χ4n) is 3.73. The molecule has 3 unspecified atom stereocenters. The van der Waals surface area contributed by atoms with E-state index in [0.29, 0.717) is 12.3 Å². The van der Waals surface area contributed by atoms with Gasteiger partial charge in [-0.1, -0.05) is 0 Å². The number of rotatable bonds is 1. The zero-order valence-electron chi connectivity index (χ0n) is 12.2. The molecule has 5 heteroatoms. The van der Waals surface area contributed by atoms with E-state index in [9.17, 15) is 9.18 Å². The molecule has 3 atom stereocenters. The van der Waals surface area contributed by atoms with Crippen molar-refractivity contribution in [2.45, 2.75) is 25.5 Å². The number of furan rings is 1. The Morgan fingerprint density at radius 3 is 2.95 bits per heavy atom. The molecular weight excluding hydrogens is 285 g/mol. The molecule has 0 bridgehead atoms. The fraction of sp³-hybridized carbons (Fsp3) is 0.353. The third-order valence-electron chi connectivity index (χ3n) is 4.55. The van der Waals surface area contributed by atoms with Crippen molar-refractivity contribution in [2.24, 2.45) is 5.92 Å². The number of carbonyl (C=O) groups excluding carboxylic acids is 1. The van der Waals surface area contributed by atoms with Crippen LogP contribution in [0.4, 0.5) is 10.1 Å². The van der Waals surface area contributed by atoms with Crippen LogP contribution >= 0.6 is 0 Å². The van der Waals surface area contributed by atoms with Gasteiger partial charge >= 0.3 is 0 Å². The minimum absolute atomic E-state index is 0.0735. The molecule has 1 amide bonds. The number of hydrogen-bond donors (Lipinski definition) is 0. The highest BCUT2D eigenvalue weighted by molar-refractivity contribution is 5.94. The quantitative estimate of drug-likeness (QED) is 0.808. The molecule has 4 nitrogen and oxygen atoms in total. The van der Waals surface area contributed by atoms with Crippen LogP contribution in [0.2, 0.25) is 0 Å². The zero-order valence-corrected chi connectivity index (χ0v) is 12.2. The van der Waals surface area contributed by atoms with Crippen LogP contribution in [0.15, 0.2) is 41.0 Å². The SMILES string of the molecule is CC(=O)N1c2ccc(F)cc2C2OCCC2C1c1ccco1. The minimum Gasteiger partial charge on any atom is -0.467 e. The van der Waals surface area contributed by atoms with Crippen molar-refractivity contribution in [3.05, 3.63) is 53.7 Å². The number of halogens is 1. The molecule has 2 aliphatic heterocycles. The maximum absolute atomic E-state index is 13.7. The molecule has 3 heterocycles. The van der Waals surface area contributed by atoms with Crippen molar-refractivity contribution in [2.75, 3.05) is 11.5 Å². The molecule has 22 heavy (non-hydrogen) atoms. The Kier molecular flexibility index (Phi) is 3.04. The second kappa shape index (κ2) is 4.95. The average Bonchev–Trinajstić information content (AvgIpc) is 3.17. The summed E-state index contributed by atoms with van der Waals surface area (Å²) in [6.45, 7) is 2.13. The molecule has 0 radical (unpaired) electrons. The van der Waals surface area contributed by atoms with Crippen molar-refractivity contribution < 1.29 is 18.3 Å². The van der Waals surface area contributed by atoms with Gasteiger partial charge in [0.25, 0.3) is 0 Å². The van der Waals surface area contributed by atoms with Crippen molar-refractivity contribution in [1.82, 2.24) is 0 Å². The third kappa shape index (κ3) is 1.89. The number of amides is 1. The predicted octanol–water partition coefficient (Wildman–Crippen LogP) is 3.60. The molecule has 0 saturated carbocycles. The van der Waals surface area contributed by atoms with Gasteiger partial charge < -0.3 is 14.1 Å². The Morgan fingerprint density at radius 2 is 2.23 bits per heavy atom. The molecule has 0 aliphatic carbocycles. The van der Waals surface area contributed by atoms with Gasteiger partial charge in [0.2, 0.25) is 5.91 Å². The van der Waals surface area contributed by atoms with Crippen LogP contribution in [0.25, 0.3) is 0 Å². The van der Waals surface area contributed by atoms with E-state index in [1.165, 1.54) is 19.1 Å². The Balaban J connectivity index is 1.92. The average molecular weight is 301 g/mol. The van der Waals surface area contributed by atoms with Crippen LogP contribution in [0.1, 0.15) is 36.8 Å². The molecule has 4 rings (SSSR count). The van der Waals surface area contributed by atoms with Gasteiger partial charge in [0.15, 0.2) is 0 Å². The predicted molar refractivity (Wildman–Crippen MR) is 77.8 cm³/mol. The highest BCUT2D eigenvalue weighted by Gasteiger charge is 2.47. The van der Waals surface area contributed by atoms with Gasteiger partial charge in [0, 0.05) is 25.0 Å². The lowest BCUT2D eigenvalue weighted by atomic mass is 9.81. The van der Waals surface area contributed by atoms with Crippen LogP contribution in [-0.2, 0) is 9.53 Å². The van der Waals surface area contributed by atoms with Crippen molar-refractivity contribution in [1.29, 1.82) is 0 Å². The van der Waals surface area contributed by atoms with Gasteiger partial charge in [-0.15, -0.1) is 0 Å². The summed E-state index contributed by atoms with van der Waals surface area (Å²) in [7, 11) is 0. The maximum Gasteiger partial charge on any atom is 0.224 e. The first-order valence-corrected chi connectivity index (χ1v) is 7.41. The topological polar surface area (TPSA) is 42.7 Å². The number of anilines is 1. The van der Waals surface area contributed by atoms with E-state index < -0.39 is 0 Å². The minimum atomic E-state index is -0.312. The van der Waals surface area contributed by atoms with Gasteiger partial charge in [-0.25, -0.2) is 4.39 Å². The number of hydrogen-bond acceptors (Lipinski definition) is 3. The number of nitrogens with zero attached hydrogens (tertiary/aromatic N) is 1. The highest BCUT2D eigenvalue weighted by atomic mass is 19.1. The number of fused-ring (bicyclic) bond motifs is 3. The molecule has 0 spiro atoms. The smallest absolute Gasteiger partial charge is 0.224 e. The summed E-state index contributed by atoms with van der Waals surface area (Å²) in [6.07, 6.45) is 2.23. The first-order chi connectivity index (χ1) is 10.7. The van der Waals surface area contributed by atoms with Crippen molar-refractivity contribution >= 4 is 11.6 Å². The first kappa shape index (κ1) is 13.5. The summed E-state index contributed by atoms with van der Waals surface area (Å²) in [5.41, 5.74) is 1.46. The lowest BCUT2D eigenvalue weighted by molar-refractivity contribution is -0.117. The number of ether oxygens (including phenoxy) is 1. The standard InChI is InChI=1S/C17H16FNO3/c1-10(20)19-14-5-4-11(18)9-13(14)17-12(6-8-22-17)16(19)15-3-2-7-21-15/h2-5,7,9,12,16-17H,6,8H2,1H3. The molecule has 1 saturated heterocycles. The zero-order chi connectivity index (χ0) is 15.3. The normalized spacial score (nSPS) is 26.6. The second-order valence-electron chi connectivity index (χ2n) is 5.80. The first-order valence-electron chi connectivity index (χ1n) is 7.41. The van der Waals surface area contributed by atoms with Gasteiger partial charge in [-0.2, -0.15) is 0 Å². The van der Waals surface area contributed by atoms with Crippen LogP contribution in [-0.4, -0.2) is 12.5 Å². The molecule has 1 aromatic heterocycles. The van der Waals surface area contributed by atoms with Crippen molar-refractivity contribution in [3.8, 4) is 0 Å². The van der Waals surface area contributed by atoms with E-state index in [-0.39, 0.29) is 29.8 Å². The van der Waals surface area contributed by atoms with Crippen LogP contribution in [0, 0.1) is 11.7 Å². The van der Waals surface area contributed by atoms with Crippen molar-refractivity contribution in [3.63, 3.8) is 0 Å². The molecule has 0 N–H and O–H groups in total. The number of benzene rings is 1. The Bertz CT molecular complexity index is 713. The van der Waals surface area contributed by atoms with Gasteiger partial charge in [-0.05, 0) is 36.8 Å². The van der Waals surface area contributed by atoms with E-state index in [1.807, 2.05) is 12.1 Å². The highest BCUT2D eigenvalue weighted by Crippen LogP contribution is 2.53. The van der Waals surface area contributed by atoms with Gasteiger partial charge in [0.05, 0.1) is 18.1 Å². The summed E-state index contributed by atoms with van der Waals surface area (Å²) in [6, 6.07) is 8.00. The van der Waals surface area contributed by atoms with Crippen LogP contribution < -0.4 is 4.90 Å². The van der Waals surface area contributed by atoms with E-state index in [2.05, 4.69) is 0 Å². The molecule has 2 aliphatic rings. The Hall–Kier alpha value is -2.14. The Labute approximate surface area is 127 Å². The van der Waals surface area contributed by atoms with E-state index in [0.717, 1.165) is 17.7 Å². The maximum atomic E-state index is 13.7. The number of carbonyl (C=O) groups is 1. The molecule has 1 aromatic carbocycles.